The van der Waals surface area contributed by atoms with Gasteiger partial charge in [0.15, 0.2) is 0 Å². The summed E-state index contributed by atoms with van der Waals surface area (Å²) in [5, 5.41) is 4.81. The Morgan fingerprint density at radius 2 is 1.05 bits per heavy atom. The quantitative estimate of drug-likeness (QED) is 0.149. The molecule has 43 heavy (non-hydrogen) atoms. The van der Waals surface area contributed by atoms with Crippen molar-refractivity contribution in [1.82, 2.24) is 0 Å². The summed E-state index contributed by atoms with van der Waals surface area (Å²) in [6, 6.07) is 52.6. The molecule has 8 rings (SSSR count). The summed E-state index contributed by atoms with van der Waals surface area (Å²) in [4.78, 5) is 0. The number of benzene rings is 7. The SMILES string of the molecule is CC1(C)c2ccccc2-c2cc(-c3c4ccccc4c(C#Cc4ccccc4)c4ccc(-c5ccccc5)cc34)ccc21. The zero-order valence-electron chi connectivity index (χ0n) is 24.4. The molecule has 7 aromatic rings. The third-order valence-electron chi connectivity index (χ3n) is 9.11. The lowest BCUT2D eigenvalue weighted by Gasteiger charge is -2.22. The predicted octanol–water partition coefficient (Wildman–Crippen LogP) is 11.0. The summed E-state index contributed by atoms with van der Waals surface area (Å²) in [7, 11) is 0. The summed E-state index contributed by atoms with van der Waals surface area (Å²) in [6.45, 7) is 4.68. The Bertz CT molecular complexity index is 2240. The number of fused-ring (bicyclic) bond motifs is 5. The molecule has 0 bridgehead atoms. The molecule has 0 amide bonds. The molecule has 0 unspecified atom stereocenters. The van der Waals surface area contributed by atoms with Crippen molar-refractivity contribution in [1.29, 1.82) is 0 Å². The Hall–Kier alpha value is -5.38. The molecule has 202 valence electrons. The van der Waals surface area contributed by atoms with Crippen LogP contribution in [0.5, 0.6) is 0 Å². The fraction of sp³-hybridized carbons (Fsp3) is 0.0698. The van der Waals surface area contributed by atoms with E-state index in [9.17, 15) is 0 Å². The van der Waals surface area contributed by atoms with Gasteiger partial charge in [-0.05, 0) is 90.3 Å². The smallest absolute Gasteiger partial charge is 0.0406 e. The average Bonchev–Trinajstić information content (AvgIpc) is 3.29. The van der Waals surface area contributed by atoms with Crippen molar-refractivity contribution in [2.75, 3.05) is 0 Å². The van der Waals surface area contributed by atoms with Crippen LogP contribution in [0.4, 0.5) is 0 Å². The van der Waals surface area contributed by atoms with E-state index >= 15 is 0 Å². The lowest BCUT2D eigenvalue weighted by atomic mass is 9.81. The van der Waals surface area contributed by atoms with E-state index in [1.807, 2.05) is 18.2 Å². The largest absolute Gasteiger partial charge is 0.0622 e. The van der Waals surface area contributed by atoms with Crippen LogP contribution in [0, 0.1) is 11.8 Å². The fourth-order valence-corrected chi connectivity index (χ4v) is 6.97. The summed E-state index contributed by atoms with van der Waals surface area (Å²) in [5.41, 5.74) is 12.5. The molecule has 0 heterocycles. The van der Waals surface area contributed by atoms with Gasteiger partial charge in [-0.2, -0.15) is 0 Å². The molecule has 7 aromatic carbocycles. The van der Waals surface area contributed by atoms with Crippen LogP contribution >= 0.6 is 0 Å². The van der Waals surface area contributed by atoms with E-state index in [2.05, 4.69) is 153 Å². The maximum atomic E-state index is 3.60. The molecule has 0 saturated carbocycles. The zero-order valence-corrected chi connectivity index (χ0v) is 24.4. The lowest BCUT2D eigenvalue weighted by molar-refractivity contribution is 0.660. The topological polar surface area (TPSA) is 0 Å². The first-order chi connectivity index (χ1) is 21.1. The first-order valence-corrected chi connectivity index (χ1v) is 15.0. The number of hydrogen-bond acceptors (Lipinski definition) is 0. The summed E-state index contributed by atoms with van der Waals surface area (Å²) < 4.78 is 0. The molecule has 0 aliphatic heterocycles. The van der Waals surface area contributed by atoms with E-state index < -0.39 is 0 Å². The van der Waals surface area contributed by atoms with Crippen molar-refractivity contribution in [2.24, 2.45) is 0 Å². The Balaban J connectivity index is 1.45. The van der Waals surface area contributed by atoms with Crippen molar-refractivity contribution < 1.29 is 0 Å². The first-order valence-electron chi connectivity index (χ1n) is 15.0. The molecule has 1 aliphatic carbocycles. The van der Waals surface area contributed by atoms with Crippen LogP contribution in [0.3, 0.4) is 0 Å². The molecule has 0 spiro atoms. The van der Waals surface area contributed by atoms with Gasteiger partial charge in [0.2, 0.25) is 0 Å². The fourth-order valence-electron chi connectivity index (χ4n) is 6.97. The van der Waals surface area contributed by atoms with Gasteiger partial charge in [0, 0.05) is 16.5 Å². The Morgan fingerprint density at radius 3 is 1.86 bits per heavy atom. The van der Waals surface area contributed by atoms with Gasteiger partial charge in [-0.1, -0.05) is 147 Å². The molecule has 0 radical (unpaired) electrons. The van der Waals surface area contributed by atoms with E-state index in [-0.39, 0.29) is 5.41 Å². The van der Waals surface area contributed by atoms with Gasteiger partial charge in [0.25, 0.3) is 0 Å². The molecular formula is C43H30. The van der Waals surface area contributed by atoms with Gasteiger partial charge in [-0.15, -0.1) is 0 Å². The molecule has 0 saturated heterocycles. The summed E-state index contributed by atoms with van der Waals surface area (Å²) in [6.07, 6.45) is 0. The molecule has 0 nitrogen and oxygen atoms in total. The minimum absolute atomic E-state index is 0.0219. The second kappa shape index (κ2) is 9.87. The normalized spacial score (nSPS) is 12.9. The Morgan fingerprint density at radius 1 is 0.419 bits per heavy atom. The van der Waals surface area contributed by atoms with Gasteiger partial charge >= 0.3 is 0 Å². The van der Waals surface area contributed by atoms with Gasteiger partial charge < -0.3 is 0 Å². The summed E-state index contributed by atoms with van der Waals surface area (Å²) in [5.74, 6) is 7.06. The first kappa shape index (κ1) is 25.3. The van der Waals surface area contributed by atoms with Crippen LogP contribution in [-0.4, -0.2) is 0 Å². The van der Waals surface area contributed by atoms with Crippen LogP contribution in [0.25, 0.3) is 54.9 Å². The van der Waals surface area contributed by atoms with E-state index in [1.54, 1.807) is 0 Å². The van der Waals surface area contributed by atoms with Crippen LogP contribution in [0.1, 0.15) is 36.1 Å². The standard InChI is InChI=1S/C43H30/c1-43(2)40-20-12-11-18-36(40)38-28-32(23-26-41(38)43)42-37-19-10-9-17-33(37)34(24-21-29-13-5-3-6-14-29)35-25-22-31(27-39(35)42)30-15-7-4-8-16-30/h3-20,22-23,25-28H,1-2H3. The second-order valence-corrected chi connectivity index (χ2v) is 12.0. The maximum Gasteiger partial charge on any atom is 0.0406 e. The number of rotatable bonds is 2. The van der Waals surface area contributed by atoms with Crippen molar-refractivity contribution in [3.8, 4) is 45.2 Å². The maximum absolute atomic E-state index is 3.60. The molecule has 1 aliphatic rings. The average molecular weight is 547 g/mol. The highest BCUT2D eigenvalue weighted by Crippen LogP contribution is 2.50. The molecule has 0 atom stereocenters. The van der Waals surface area contributed by atoms with Crippen LogP contribution in [0.15, 0.2) is 146 Å². The molecular weight excluding hydrogens is 516 g/mol. The Kier molecular flexibility index (Phi) is 5.81. The third-order valence-corrected chi connectivity index (χ3v) is 9.11. The monoisotopic (exact) mass is 546 g/mol. The van der Waals surface area contributed by atoms with E-state index in [0.717, 1.165) is 11.1 Å². The minimum atomic E-state index is -0.0219. The van der Waals surface area contributed by atoms with Crippen molar-refractivity contribution in [3.63, 3.8) is 0 Å². The van der Waals surface area contributed by atoms with Gasteiger partial charge in [0.1, 0.15) is 0 Å². The van der Waals surface area contributed by atoms with E-state index in [0.29, 0.717) is 0 Å². The third kappa shape index (κ3) is 4.09. The number of hydrogen-bond donors (Lipinski definition) is 0. The molecule has 0 N–H and O–H groups in total. The zero-order chi connectivity index (χ0) is 29.0. The highest BCUT2D eigenvalue weighted by Gasteiger charge is 2.35. The second-order valence-electron chi connectivity index (χ2n) is 12.0. The van der Waals surface area contributed by atoms with Gasteiger partial charge in [-0.25, -0.2) is 0 Å². The van der Waals surface area contributed by atoms with Crippen molar-refractivity contribution in [2.45, 2.75) is 19.3 Å². The predicted molar refractivity (Wildman–Crippen MR) is 182 cm³/mol. The van der Waals surface area contributed by atoms with Crippen LogP contribution in [-0.2, 0) is 5.41 Å². The minimum Gasteiger partial charge on any atom is -0.0622 e. The van der Waals surface area contributed by atoms with Crippen molar-refractivity contribution in [3.05, 3.63) is 168 Å². The van der Waals surface area contributed by atoms with E-state index in [4.69, 9.17) is 0 Å². The molecule has 0 heteroatoms. The van der Waals surface area contributed by atoms with Gasteiger partial charge in [-0.3, -0.25) is 0 Å². The highest BCUT2D eigenvalue weighted by molar-refractivity contribution is 6.17. The Labute approximate surface area is 253 Å². The van der Waals surface area contributed by atoms with E-state index in [1.165, 1.54) is 66.1 Å². The van der Waals surface area contributed by atoms with Gasteiger partial charge in [0.05, 0.1) is 0 Å². The lowest BCUT2D eigenvalue weighted by Crippen LogP contribution is -2.14. The van der Waals surface area contributed by atoms with Crippen LogP contribution in [0.2, 0.25) is 0 Å². The highest BCUT2D eigenvalue weighted by atomic mass is 14.4. The van der Waals surface area contributed by atoms with Crippen LogP contribution < -0.4 is 0 Å². The molecule has 0 fully saturated rings. The van der Waals surface area contributed by atoms with Crippen molar-refractivity contribution >= 4 is 21.5 Å². The summed E-state index contributed by atoms with van der Waals surface area (Å²) >= 11 is 0. The molecule has 0 aromatic heterocycles.